The fraction of sp³-hybridized carbons (Fsp3) is 0.154. The smallest absolute Gasteiger partial charge is 0.130 e. The predicted octanol–water partition coefficient (Wildman–Crippen LogP) is 4.10. The summed E-state index contributed by atoms with van der Waals surface area (Å²) in [5.74, 6) is 0.813. The van der Waals surface area contributed by atoms with Gasteiger partial charge in [0.25, 0.3) is 0 Å². The first-order chi connectivity index (χ1) is 7.65. The molecule has 3 heteroatoms. The van der Waals surface area contributed by atoms with Crippen LogP contribution >= 0.6 is 11.6 Å². The van der Waals surface area contributed by atoms with Gasteiger partial charge in [0.1, 0.15) is 5.82 Å². The molecular weight excluding hydrogens is 220 g/mol. The Morgan fingerprint density at radius 2 is 1.81 bits per heavy atom. The van der Waals surface area contributed by atoms with Gasteiger partial charge >= 0.3 is 0 Å². The van der Waals surface area contributed by atoms with Crippen molar-refractivity contribution in [2.75, 3.05) is 5.32 Å². The Labute approximate surface area is 100 Å². The number of aryl methyl sites for hydroxylation is 2. The minimum absolute atomic E-state index is 0.703. The number of nitrogens with zero attached hydrogens (tertiary/aromatic N) is 1. The number of hydrogen-bond donors (Lipinski definition) is 1. The van der Waals surface area contributed by atoms with Crippen LogP contribution in [0.3, 0.4) is 0 Å². The van der Waals surface area contributed by atoms with Crippen molar-refractivity contribution in [1.82, 2.24) is 4.98 Å². The SMILES string of the molecule is Cc1ccnc(Nc2cc(C)ccc2Cl)c1. The van der Waals surface area contributed by atoms with Gasteiger partial charge in [-0.1, -0.05) is 17.7 Å². The maximum Gasteiger partial charge on any atom is 0.130 e. The highest BCUT2D eigenvalue weighted by Crippen LogP contribution is 2.25. The first-order valence-electron chi connectivity index (χ1n) is 5.11. The molecule has 1 N–H and O–H groups in total. The van der Waals surface area contributed by atoms with Gasteiger partial charge in [0.2, 0.25) is 0 Å². The Morgan fingerprint density at radius 3 is 2.56 bits per heavy atom. The highest BCUT2D eigenvalue weighted by molar-refractivity contribution is 6.33. The molecule has 2 rings (SSSR count). The summed E-state index contributed by atoms with van der Waals surface area (Å²) in [5, 5.41) is 3.91. The molecule has 0 saturated carbocycles. The lowest BCUT2D eigenvalue weighted by atomic mass is 10.2. The molecule has 0 spiro atoms. The van der Waals surface area contributed by atoms with Gasteiger partial charge in [0.05, 0.1) is 10.7 Å². The molecule has 0 aliphatic carbocycles. The number of aromatic nitrogens is 1. The second-order valence-corrected chi connectivity index (χ2v) is 4.23. The van der Waals surface area contributed by atoms with E-state index in [0.29, 0.717) is 5.02 Å². The number of nitrogens with one attached hydrogen (secondary N) is 1. The van der Waals surface area contributed by atoms with Crippen molar-refractivity contribution < 1.29 is 0 Å². The van der Waals surface area contributed by atoms with E-state index in [1.807, 2.05) is 44.2 Å². The normalized spacial score (nSPS) is 10.2. The molecule has 1 aromatic heterocycles. The Kier molecular flexibility index (Phi) is 3.11. The monoisotopic (exact) mass is 232 g/mol. The fourth-order valence-corrected chi connectivity index (χ4v) is 1.64. The van der Waals surface area contributed by atoms with Gasteiger partial charge in [-0.2, -0.15) is 0 Å². The molecule has 0 aliphatic heterocycles. The molecule has 2 aromatic rings. The van der Waals surface area contributed by atoms with Crippen molar-refractivity contribution in [1.29, 1.82) is 0 Å². The molecule has 16 heavy (non-hydrogen) atoms. The summed E-state index contributed by atoms with van der Waals surface area (Å²) in [4.78, 5) is 4.24. The lowest BCUT2D eigenvalue weighted by Gasteiger charge is -2.08. The van der Waals surface area contributed by atoms with Gasteiger partial charge in [-0.05, 0) is 49.2 Å². The van der Waals surface area contributed by atoms with Crippen molar-refractivity contribution in [2.45, 2.75) is 13.8 Å². The van der Waals surface area contributed by atoms with E-state index in [1.165, 1.54) is 11.1 Å². The molecule has 0 unspecified atom stereocenters. The van der Waals surface area contributed by atoms with Gasteiger partial charge in [0, 0.05) is 6.20 Å². The second kappa shape index (κ2) is 4.54. The second-order valence-electron chi connectivity index (χ2n) is 3.83. The number of rotatable bonds is 2. The van der Waals surface area contributed by atoms with Crippen LogP contribution in [0.25, 0.3) is 0 Å². The van der Waals surface area contributed by atoms with Crippen LogP contribution < -0.4 is 5.32 Å². The van der Waals surface area contributed by atoms with E-state index in [0.717, 1.165) is 11.5 Å². The average molecular weight is 233 g/mol. The number of benzene rings is 1. The van der Waals surface area contributed by atoms with Gasteiger partial charge in [0.15, 0.2) is 0 Å². The molecule has 1 heterocycles. The van der Waals surface area contributed by atoms with Crippen LogP contribution in [-0.4, -0.2) is 4.98 Å². The van der Waals surface area contributed by atoms with Crippen molar-refractivity contribution in [3.8, 4) is 0 Å². The van der Waals surface area contributed by atoms with E-state index in [-0.39, 0.29) is 0 Å². The molecule has 0 fully saturated rings. The minimum Gasteiger partial charge on any atom is -0.339 e. The number of halogens is 1. The summed E-state index contributed by atoms with van der Waals surface area (Å²) >= 11 is 6.10. The molecule has 0 radical (unpaired) electrons. The highest BCUT2D eigenvalue weighted by Gasteiger charge is 2.01. The van der Waals surface area contributed by atoms with Gasteiger partial charge in [-0.3, -0.25) is 0 Å². The lowest BCUT2D eigenvalue weighted by Crippen LogP contribution is -1.94. The summed E-state index contributed by atoms with van der Waals surface area (Å²) in [6.07, 6.45) is 1.78. The van der Waals surface area contributed by atoms with Gasteiger partial charge < -0.3 is 5.32 Å². The summed E-state index contributed by atoms with van der Waals surface area (Å²) in [7, 11) is 0. The summed E-state index contributed by atoms with van der Waals surface area (Å²) in [5.41, 5.74) is 3.22. The zero-order valence-corrected chi connectivity index (χ0v) is 10.0. The first kappa shape index (κ1) is 11.0. The molecule has 0 saturated heterocycles. The predicted molar refractivity (Wildman–Crippen MR) is 68.4 cm³/mol. The summed E-state index contributed by atoms with van der Waals surface area (Å²) < 4.78 is 0. The van der Waals surface area contributed by atoms with E-state index in [9.17, 15) is 0 Å². The minimum atomic E-state index is 0.703. The lowest BCUT2D eigenvalue weighted by molar-refractivity contribution is 1.27. The van der Waals surface area contributed by atoms with Crippen LogP contribution in [0.4, 0.5) is 11.5 Å². The standard InChI is InChI=1S/C13H13ClN2/c1-9-3-4-11(14)12(7-9)16-13-8-10(2)5-6-15-13/h3-8H,1-2H3,(H,15,16). The van der Waals surface area contributed by atoms with E-state index in [2.05, 4.69) is 10.3 Å². The van der Waals surface area contributed by atoms with Crippen LogP contribution in [0.5, 0.6) is 0 Å². The van der Waals surface area contributed by atoms with E-state index in [4.69, 9.17) is 11.6 Å². The Hall–Kier alpha value is -1.54. The van der Waals surface area contributed by atoms with E-state index < -0.39 is 0 Å². The first-order valence-corrected chi connectivity index (χ1v) is 5.49. The Balaban J connectivity index is 2.30. The molecule has 0 bridgehead atoms. The largest absolute Gasteiger partial charge is 0.339 e. The van der Waals surface area contributed by atoms with Crippen LogP contribution in [0.2, 0.25) is 5.02 Å². The van der Waals surface area contributed by atoms with Crippen LogP contribution in [0.1, 0.15) is 11.1 Å². The number of anilines is 2. The van der Waals surface area contributed by atoms with Crippen LogP contribution in [0.15, 0.2) is 36.5 Å². The third-order valence-electron chi connectivity index (χ3n) is 2.30. The fourth-order valence-electron chi connectivity index (χ4n) is 1.48. The highest BCUT2D eigenvalue weighted by atomic mass is 35.5. The zero-order chi connectivity index (χ0) is 11.5. The van der Waals surface area contributed by atoms with Crippen LogP contribution in [0, 0.1) is 13.8 Å². The van der Waals surface area contributed by atoms with E-state index >= 15 is 0 Å². The molecule has 0 atom stereocenters. The summed E-state index contributed by atoms with van der Waals surface area (Å²) in [6, 6.07) is 9.82. The Morgan fingerprint density at radius 1 is 1.06 bits per heavy atom. The molecule has 0 aliphatic rings. The Bertz CT molecular complexity index is 509. The molecule has 82 valence electrons. The van der Waals surface area contributed by atoms with Crippen LogP contribution in [-0.2, 0) is 0 Å². The average Bonchev–Trinajstić information content (AvgIpc) is 2.24. The third-order valence-corrected chi connectivity index (χ3v) is 2.63. The van der Waals surface area contributed by atoms with Crippen molar-refractivity contribution in [3.05, 3.63) is 52.7 Å². The van der Waals surface area contributed by atoms with Crippen molar-refractivity contribution >= 4 is 23.1 Å². The van der Waals surface area contributed by atoms with Gasteiger partial charge in [-0.15, -0.1) is 0 Å². The number of hydrogen-bond acceptors (Lipinski definition) is 2. The zero-order valence-electron chi connectivity index (χ0n) is 9.29. The summed E-state index contributed by atoms with van der Waals surface area (Å²) in [6.45, 7) is 4.07. The maximum absolute atomic E-state index is 6.10. The van der Waals surface area contributed by atoms with Crippen molar-refractivity contribution in [3.63, 3.8) is 0 Å². The molecule has 2 nitrogen and oxygen atoms in total. The maximum atomic E-state index is 6.10. The van der Waals surface area contributed by atoms with E-state index in [1.54, 1.807) is 6.20 Å². The topological polar surface area (TPSA) is 24.9 Å². The van der Waals surface area contributed by atoms with Gasteiger partial charge in [-0.25, -0.2) is 4.98 Å². The number of pyridine rings is 1. The molecule has 1 aromatic carbocycles. The molecule has 0 amide bonds. The van der Waals surface area contributed by atoms with Crippen molar-refractivity contribution in [2.24, 2.45) is 0 Å². The molecular formula is C13H13ClN2. The quantitative estimate of drug-likeness (QED) is 0.844. The third kappa shape index (κ3) is 2.52.